The van der Waals surface area contributed by atoms with Gasteiger partial charge in [-0.25, -0.2) is 10.0 Å². The lowest BCUT2D eigenvalue weighted by atomic mass is 9.91. The Kier molecular flexibility index (Phi) is 6.24. The Morgan fingerprint density at radius 1 is 0.958 bits per heavy atom. The van der Waals surface area contributed by atoms with Crippen LogP contribution in [-0.4, -0.2) is 66.6 Å². The number of amides is 1. The predicted octanol–water partition coefficient (Wildman–Crippen LogP) is 1.35. The summed E-state index contributed by atoms with van der Waals surface area (Å²) in [6.45, 7) is 7.39. The van der Waals surface area contributed by atoms with E-state index in [4.69, 9.17) is 5.73 Å². The van der Waals surface area contributed by atoms with Crippen molar-refractivity contribution in [3.63, 3.8) is 0 Å². The van der Waals surface area contributed by atoms with Crippen LogP contribution in [0.1, 0.15) is 24.8 Å². The van der Waals surface area contributed by atoms with Crippen molar-refractivity contribution in [2.75, 3.05) is 45.8 Å². The molecule has 2 heterocycles. The molecule has 2 N–H and O–H groups in total. The first-order valence-corrected chi connectivity index (χ1v) is 9.25. The van der Waals surface area contributed by atoms with Gasteiger partial charge < -0.3 is 10.6 Å². The Morgan fingerprint density at radius 3 is 2.21 bits per heavy atom. The molecule has 0 spiro atoms. The maximum atomic E-state index is 10.9. The third-order valence-corrected chi connectivity index (χ3v) is 5.38. The molecule has 132 valence electrons. The number of nitrogens with zero attached hydrogens (tertiary/aromatic N) is 3. The van der Waals surface area contributed by atoms with E-state index in [1.807, 2.05) is 0 Å². The number of hydrazine groups is 1. The molecule has 1 aromatic rings. The van der Waals surface area contributed by atoms with E-state index in [0.717, 1.165) is 38.6 Å². The lowest BCUT2D eigenvalue weighted by Gasteiger charge is -2.44. The van der Waals surface area contributed by atoms with Gasteiger partial charge in [-0.3, -0.25) is 4.79 Å². The maximum Gasteiger partial charge on any atom is 0.218 e. The number of benzene rings is 1. The molecule has 5 heteroatoms. The van der Waals surface area contributed by atoms with Gasteiger partial charge in [0, 0.05) is 52.2 Å². The molecule has 3 rings (SSSR count). The predicted molar refractivity (Wildman–Crippen MR) is 96.3 cm³/mol. The highest BCUT2D eigenvalue weighted by Crippen LogP contribution is 2.23. The van der Waals surface area contributed by atoms with Crippen molar-refractivity contribution < 1.29 is 4.79 Å². The summed E-state index contributed by atoms with van der Waals surface area (Å²) in [6, 6.07) is 10.9. The summed E-state index contributed by atoms with van der Waals surface area (Å²) in [7, 11) is 0. The van der Waals surface area contributed by atoms with Crippen molar-refractivity contribution in [2.45, 2.75) is 25.7 Å². The highest BCUT2D eigenvalue weighted by Gasteiger charge is 2.26. The molecule has 2 saturated heterocycles. The van der Waals surface area contributed by atoms with Crippen molar-refractivity contribution in [1.29, 1.82) is 0 Å². The lowest BCUT2D eigenvalue weighted by Crippen LogP contribution is -2.55. The molecule has 2 aliphatic rings. The molecule has 1 amide bonds. The van der Waals surface area contributed by atoms with Crippen molar-refractivity contribution in [1.82, 2.24) is 14.9 Å². The fourth-order valence-electron chi connectivity index (χ4n) is 3.87. The summed E-state index contributed by atoms with van der Waals surface area (Å²) in [5.41, 5.74) is 6.71. The minimum Gasteiger partial charge on any atom is -0.370 e. The number of piperidine rings is 1. The van der Waals surface area contributed by atoms with Crippen molar-refractivity contribution in [2.24, 2.45) is 11.7 Å². The SMILES string of the molecule is NC(=O)CCN1CCN(N2CCC(Cc3ccccc3)CC2)CC1. The molecular formula is C19H30N4O. The Labute approximate surface area is 145 Å². The molecule has 0 radical (unpaired) electrons. The molecule has 0 saturated carbocycles. The van der Waals surface area contributed by atoms with Gasteiger partial charge in [-0.2, -0.15) is 0 Å². The molecule has 0 atom stereocenters. The number of carbonyl (C=O) groups excluding carboxylic acids is 1. The molecule has 0 bridgehead atoms. The number of hydrogen-bond donors (Lipinski definition) is 1. The van der Waals surface area contributed by atoms with E-state index in [9.17, 15) is 4.79 Å². The fraction of sp³-hybridized carbons (Fsp3) is 0.632. The Bertz CT molecular complexity index is 505. The summed E-state index contributed by atoms with van der Waals surface area (Å²) in [5.74, 6) is 0.624. The maximum absolute atomic E-state index is 10.9. The Hall–Kier alpha value is -1.43. The van der Waals surface area contributed by atoms with E-state index >= 15 is 0 Å². The monoisotopic (exact) mass is 330 g/mol. The first kappa shape index (κ1) is 17.4. The van der Waals surface area contributed by atoms with Crippen LogP contribution in [0.3, 0.4) is 0 Å². The largest absolute Gasteiger partial charge is 0.370 e. The van der Waals surface area contributed by atoms with E-state index in [-0.39, 0.29) is 5.91 Å². The van der Waals surface area contributed by atoms with Gasteiger partial charge in [0.15, 0.2) is 0 Å². The van der Waals surface area contributed by atoms with Gasteiger partial charge in [-0.1, -0.05) is 30.3 Å². The average Bonchev–Trinajstić information content (AvgIpc) is 2.62. The van der Waals surface area contributed by atoms with Crippen molar-refractivity contribution in [3.8, 4) is 0 Å². The van der Waals surface area contributed by atoms with E-state index in [0.29, 0.717) is 6.42 Å². The van der Waals surface area contributed by atoms with Crippen LogP contribution in [0, 0.1) is 5.92 Å². The molecule has 2 fully saturated rings. The lowest BCUT2D eigenvalue weighted by molar-refractivity contribution is -0.118. The highest BCUT2D eigenvalue weighted by atomic mass is 16.1. The van der Waals surface area contributed by atoms with Gasteiger partial charge in [0.05, 0.1) is 0 Å². The first-order chi connectivity index (χ1) is 11.7. The van der Waals surface area contributed by atoms with E-state index < -0.39 is 0 Å². The van der Waals surface area contributed by atoms with Gasteiger partial charge in [0.25, 0.3) is 0 Å². The number of hydrogen-bond acceptors (Lipinski definition) is 4. The minimum absolute atomic E-state index is 0.196. The molecular weight excluding hydrogens is 300 g/mol. The fourth-order valence-corrected chi connectivity index (χ4v) is 3.87. The smallest absolute Gasteiger partial charge is 0.218 e. The van der Waals surface area contributed by atoms with Gasteiger partial charge in [0.1, 0.15) is 0 Å². The third kappa shape index (κ3) is 5.03. The summed E-state index contributed by atoms with van der Waals surface area (Å²) in [6.07, 6.45) is 4.27. The zero-order chi connectivity index (χ0) is 16.8. The van der Waals surface area contributed by atoms with Crippen molar-refractivity contribution in [3.05, 3.63) is 35.9 Å². The van der Waals surface area contributed by atoms with Crippen LogP contribution >= 0.6 is 0 Å². The number of nitrogens with two attached hydrogens (primary N) is 1. The summed E-state index contributed by atoms with van der Waals surface area (Å²) >= 11 is 0. The van der Waals surface area contributed by atoms with E-state index in [1.165, 1.54) is 37.9 Å². The Morgan fingerprint density at radius 2 is 1.58 bits per heavy atom. The molecule has 5 nitrogen and oxygen atoms in total. The van der Waals surface area contributed by atoms with E-state index in [2.05, 4.69) is 45.2 Å². The summed E-state index contributed by atoms with van der Waals surface area (Å²) < 4.78 is 0. The zero-order valence-electron chi connectivity index (χ0n) is 14.6. The van der Waals surface area contributed by atoms with Gasteiger partial charge in [-0.15, -0.1) is 0 Å². The second-order valence-corrected chi connectivity index (χ2v) is 7.10. The van der Waals surface area contributed by atoms with Crippen LogP contribution in [0.5, 0.6) is 0 Å². The average molecular weight is 330 g/mol. The van der Waals surface area contributed by atoms with Gasteiger partial charge >= 0.3 is 0 Å². The molecule has 24 heavy (non-hydrogen) atoms. The summed E-state index contributed by atoms with van der Waals surface area (Å²) in [5, 5.41) is 5.06. The molecule has 1 aromatic carbocycles. The normalized spacial score (nSPS) is 21.8. The molecule has 0 aliphatic carbocycles. The second kappa shape index (κ2) is 8.60. The zero-order valence-corrected chi connectivity index (χ0v) is 14.6. The van der Waals surface area contributed by atoms with Crippen LogP contribution in [0.2, 0.25) is 0 Å². The number of primary amides is 1. The first-order valence-electron chi connectivity index (χ1n) is 9.25. The summed E-state index contributed by atoms with van der Waals surface area (Å²) in [4.78, 5) is 13.2. The second-order valence-electron chi connectivity index (χ2n) is 7.10. The van der Waals surface area contributed by atoms with Crippen molar-refractivity contribution >= 4 is 5.91 Å². The van der Waals surface area contributed by atoms with Crippen LogP contribution in [0.25, 0.3) is 0 Å². The number of piperazine rings is 1. The number of carbonyl (C=O) groups is 1. The van der Waals surface area contributed by atoms with Gasteiger partial charge in [0.2, 0.25) is 5.91 Å². The Balaban J connectivity index is 1.37. The quantitative estimate of drug-likeness (QED) is 0.855. The van der Waals surface area contributed by atoms with Gasteiger partial charge in [-0.05, 0) is 30.7 Å². The third-order valence-electron chi connectivity index (χ3n) is 5.38. The topological polar surface area (TPSA) is 52.8 Å². The molecule has 0 aromatic heterocycles. The minimum atomic E-state index is -0.196. The number of rotatable bonds is 6. The molecule has 0 unspecified atom stereocenters. The standard InChI is InChI=1S/C19H30N4O/c20-19(24)8-9-21-12-14-23(15-13-21)22-10-6-18(7-11-22)16-17-4-2-1-3-5-17/h1-5,18H,6-16H2,(H2,20,24). The van der Waals surface area contributed by atoms with Crippen LogP contribution < -0.4 is 5.73 Å². The van der Waals surface area contributed by atoms with E-state index in [1.54, 1.807) is 0 Å². The van der Waals surface area contributed by atoms with Crippen LogP contribution in [0.15, 0.2) is 30.3 Å². The highest BCUT2D eigenvalue weighted by molar-refractivity contribution is 5.73. The molecule has 2 aliphatic heterocycles. The van der Waals surface area contributed by atoms with Crippen LogP contribution in [-0.2, 0) is 11.2 Å². The van der Waals surface area contributed by atoms with Crippen LogP contribution in [0.4, 0.5) is 0 Å².